The minimum Gasteiger partial charge on any atom is -0.312 e. The lowest BCUT2D eigenvalue weighted by molar-refractivity contribution is 0.510. The quantitative estimate of drug-likeness (QED) is 0.891. The van der Waals surface area contributed by atoms with E-state index in [0.717, 1.165) is 5.75 Å². The second-order valence-corrected chi connectivity index (χ2v) is 7.01. The molecule has 2 aromatic rings. The molecule has 0 radical (unpaired) electrons. The van der Waals surface area contributed by atoms with E-state index in [1.807, 2.05) is 0 Å². The van der Waals surface area contributed by atoms with Gasteiger partial charge in [0.05, 0.1) is 0 Å². The van der Waals surface area contributed by atoms with Crippen molar-refractivity contribution in [3.8, 4) is 0 Å². The van der Waals surface area contributed by atoms with Crippen LogP contribution in [-0.2, 0) is 12.2 Å². The molecule has 0 saturated carbocycles. The third-order valence-electron chi connectivity index (χ3n) is 4.49. The largest absolute Gasteiger partial charge is 0.312 e. The normalized spacial score (nSPS) is 21.0. The SMILES string of the molecule is CNC1c2ccccc2CCC1SCc1ccccc1C. The van der Waals surface area contributed by atoms with Gasteiger partial charge in [0, 0.05) is 17.0 Å². The summed E-state index contributed by atoms with van der Waals surface area (Å²) >= 11 is 2.10. The van der Waals surface area contributed by atoms with Crippen molar-refractivity contribution >= 4 is 11.8 Å². The summed E-state index contributed by atoms with van der Waals surface area (Å²) in [5, 5.41) is 4.20. The van der Waals surface area contributed by atoms with Crippen molar-refractivity contribution in [1.82, 2.24) is 5.32 Å². The van der Waals surface area contributed by atoms with Crippen molar-refractivity contribution < 1.29 is 0 Å². The van der Waals surface area contributed by atoms with Crippen LogP contribution in [0.25, 0.3) is 0 Å². The number of thioether (sulfide) groups is 1. The van der Waals surface area contributed by atoms with E-state index < -0.39 is 0 Å². The smallest absolute Gasteiger partial charge is 0.0441 e. The Kier molecular flexibility index (Phi) is 4.67. The van der Waals surface area contributed by atoms with Gasteiger partial charge in [0.1, 0.15) is 0 Å². The average molecular weight is 297 g/mol. The van der Waals surface area contributed by atoms with E-state index in [9.17, 15) is 0 Å². The summed E-state index contributed by atoms with van der Waals surface area (Å²) in [4.78, 5) is 0. The van der Waals surface area contributed by atoms with Crippen molar-refractivity contribution in [2.45, 2.75) is 36.8 Å². The molecule has 0 bridgehead atoms. The summed E-state index contributed by atoms with van der Waals surface area (Å²) in [6.45, 7) is 2.21. The molecule has 1 N–H and O–H groups in total. The highest BCUT2D eigenvalue weighted by Crippen LogP contribution is 2.38. The maximum absolute atomic E-state index is 3.54. The Morgan fingerprint density at radius 2 is 1.86 bits per heavy atom. The summed E-state index contributed by atoms with van der Waals surface area (Å²) < 4.78 is 0. The first-order chi connectivity index (χ1) is 10.3. The number of nitrogens with one attached hydrogen (secondary N) is 1. The van der Waals surface area contributed by atoms with E-state index in [1.165, 1.54) is 35.1 Å². The molecule has 0 saturated heterocycles. The number of fused-ring (bicyclic) bond motifs is 1. The number of aryl methyl sites for hydroxylation is 2. The van der Waals surface area contributed by atoms with Gasteiger partial charge in [-0.05, 0) is 49.1 Å². The lowest BCUT2D eigenvalue weighted by Crippen LogP contribution is -2.32. The van der Waals surface area contributed by atoms with Crippen LogP contribution in [0, 0.1) is 6.92 Å². The van der Waals surface area contributed by atoms with Crippen molar-refractivity contribution in [3.63, 3.8) is 0 Å². The maximum atomic E-state index is 3.54. The predicted octanol–water partition coefficient (Wildman–Crippen LogP) is 4.50. The van der Waals surface area contributed by atoms with E-state index in [4.69, 9.17) is 0 Å². The van der Waals surface area contributed by atoms with Crippen LogP contribution in [0.3, 0.4) is 0 Å². The Balaban J connectivity index is 1.73. The molecule has 2 atom stereocenters. The molecule has 0 spiro atoms. The Labute approximate surface area is 132 Å². The molecule has 2 aromatic carbocycles. The van der Waals surface area contributed by atoms with E-state index in [2.05, 4.69) is 79.6 Å². The van der Waals surface area contributed by atoms with Gasteiger partial charge in [-0.25, -0.2) is 0 Å². The van der Waals surface area contributed by atoms with Gasteiger partial charge in [0.25, 0.3) is 0 Å². The monoisotopic (exact) mass is 297 g/mol. The molecule has 110 valence electrons. The van der Waals surface area contributed by atoms with E-state index >= 15 is 0 Å². The topological polar surface area (TPSA) is 12.0 Å². The fourth-order valence-corrected chi connectivity index (χ4v) is 4.70. The zero-order valence-corrected chi connectivity index (χ0v) is 13.6. The second-order valence-electron chi connectivity index (χ2n) is 5.78. The van der Waals surface area contributed by atoms with Crippen LogP contribution in [0.15, 0.2) is 48.5 Å². The molecule has 1 aliphatic rings. The lowest BCUT2D eigenvalue weighted by atomic mass is 9.87. The molecule has 1 aliphatic carbocycles. The van der Waals surface area contributed by atoms with Gasteiger partial charge in [-0.1, -0.05) is 48.5 Å². The van der Waals surface area contributed by atoms with Crippen LogP contribution in [0.2, 0.25) is 0 Å². The first kappa shape index (κ1) is 14.7. The lowest BCUT2D eigenvalue weighted by Gasteiger charge is -2.33. The molecule has 0 fully saturated rings. The van der Waals surface area contributed by atoms with Gasteiger partial charge in [-0.15, -0.1) is 0 Å². The Morgan fingerprint density at radius 3 is 2.67 bits per heavy atom. The van der Waals surface area contributed by atoms with Gasteiger partial charge >= 0.3 is 0 Å². The standard InChI is InChI=1S/C19H23NS/c1-14-7-3-4-9-16(14)13-21-18-12-11-15-8-5-6-10-17(15)19(18)20-2/h3-10,18-20H,11-13H2,1-2H3. The highest BCUT2D eigenvalue weighted by molar-refractivity contribution is 7.99. The van der Waals surface area contributed by atoms with Crippen LogP contribution in [0.5, 0.6) is 0 Å². The van der Waals surface area contributed by atoms with Crippen LogP contribution >= 0.6 is 11.8 Å². The molecule has 2 unspecified atom stereocenters. The van der Waals surface area contributed by atoms with Gasteiger partial charge < -0.3 is 5.32 Å². The summed E-state index contributed by atoms with van der Waals surface area (Å²) in [7, 11) is 2.09. The molecule has 21 heavy (non-hydrogen) atoms. The van der Waals surface area contributed by atoms with E-state index in [-0.39, 0.29) is 0 Å². The van der Waals surface area contributed by atoms with Crippen molar-refractivity contribution in [3.05, 3.63) is 70.8 Å². The molecule has 0 heterocycles. The summed E-state index contributed by atoms with van der Waals surface area (Å²) in [5.41, 5.74) is 5.89. The van der Waals surface area contributed by atoms with Gasteiger partial charge in [-0.3, -0.25) is 0 Å². The number of rotatable bonds is 4. The molecular weight excluding hydrogens is 274 g/mol. The molecule has 2 heteroatoms. The number of hydrogen-bond acceptors (Lipinski definition) is 2. The first-order valence-electron chi connectivity index (χ1n) is 7.71. The van der Waals surface area contributed by atoms with Crippen molar-refractivity contribution in [2.24, 2.45) is 0 Å². The number of benzene rings is 2. The van der Waals surface area contributed by atoms with Gasteiger partial charge in [0.2, 0.25) is 0 Å². The van der Waals surface area contributed by atoms with Crippen LogP contribution < -0.4 is 5.32 Å². The molecule has 0 aliphatic heterocycles. The highest BCUT2D eigenvalue weighted by Gasteiger charge is 2.28. The molecule has 0 amide bonds. The van der Waals surface area contributed by atoms with Crippen LogP contribution in [0.1, 0.15) is 34.7 Å². The molecular formula is C19H23NS. The molecule has 1 nitrogen and oxygen atoms in total. The minimum absolute atomic E-state index is 0.476. The van der Waals surface area contributed by atoms with Gasteiger partial charge in [0.15, 0.2) is 0 Å². The van der Waals surface area contributed by atoms with Crippen LogP contribution in [-0.4, -0.2) is 12.3 Å². The van der Waals surface area contributed by atoms with E-state index in [1.54, 1.807) is 0 Å². The zero-order chi connectivity index (χ0) is 14.7. The minimum atomic E-state index is 0.476. The molecule has 3 rings (SSSR count). The summed E-state index contributed by atoms with van der Waals surface area (Å²) in [6.07, 6.45) is 2.47. The fraction of sp³-hybridized carbons (Fsp3) is 0.368. The average Bonchev–Trinajstić information content (AvgIpc) is 2.53. The Bertz CT molecular complexity index is 608. The van der Waals surface area contributed by atoms with Crippen molar-refractivity contribution in [2.75, 3.05) is 7.05 Å². The first-order valence-corrected chi connectivity index (χ1v) is 8.75. The third kappa shape index (κ3) is 3.17. The maximum Gasteiger partial charge on any atom is 0.0441 e. The Hall–Kier alpha value is -1.25. The summed E-state index contributed by atoms with van der Waals surface area (Å²) in [6, 6.07) is 18.1. The summed E-state index contributed by atoms with van der Waals surface area (Å²) in [5.74, 6) is 1.11. The fourth-order valence-electron chi connectivity index (χ4n) is 3.22. The number of hydrogen-bond donors (Lipinski definition) is 1. The Morgan fingerprint density at radius 1 is 1.10 bits per heavy atom. The molecule has 0 aromatic heterocycles. The third-order valence-corrected chi connectivity index (χ3v) is 5.90. The predicted molar refractivity (Wildman–Crippen MR) is 92.8 cm³/mol. The van der Waals surface area contributed by atoms with Crippen LogP contribution in [0.4, 0.5) is 0 Å². The van der Waals surface area contributed by atoms with Gasteiger partial charge in [-0.2, -0.15) is 11.8 Å². The van der Waals surface area contributed by atoms with E-state index in [0.29, 0.717) is 11.3 Å². The highest BCUT2D eigenvalue weighted by atomic mass is 32.2. The second kappa shape index (κ2) is 6.67. The zero-order valence-electron chi connectivity index (χ0n) is 12.8. The van der Waals surface area contributed by atoms with Crippen molar-refractivity contribution in [1.29, 1.82) is 0 Å².